The van der Waals surface area contributed by atoms with Crippen LogP contribution in [0.4, 0.5) is 4.39 Å². The number of aromatic nitrogens is 1. The smallest absolute Gasteiger partial charge is 0.223 e. The summed E-state index contributed by atoms with van der Waals surface area (Å²) in [6, 6.07) is 7.64. The molecular formula is C17H19FN2O. The molecule has 0 saturated carbocycles. The van der Waals surface area contributed by atoms with E-state index in [0.29, 0.717) is 12.4 Å². The van der Waals surface area contributed by atoms with Crippen LogP contribution < -0.4 is 10.1 Å². The maximum Gasteiger partial charge on any atom is 0.223 e. The fourth-order valence-corrected chi connectivity index (χ4v) is 2.76. The minimum Gasteiger partial charge on any atom is -0.439 e. The number of halogens is 1. The fourth-order valence-electron chi connectivity index (χ4n) is 2.76. The summed E-state index contributed by atoms with van der Waals surface area (Å²) < 4.78 is 19.2. The van der Waals surface area contributed by atoms with Crippen LogP contribution in [0.25, 0.3) is 0 Å². The second-order valence-corrected chi connectivity index (χ2v) is 5.39. The maximum atomic E-state index is 13.3. The normalized spacial score (nSPS) is 13.8. The van der Waals surface area contributed by atoms with E-state index in [4.69, 9.17) is 4.74 Å². The van der Waals surface area contributed by atoms with Crippen LogP contribution in [0.2, 0.25) is 0 Å². The van der Waals surface area contributed by atoms with Crippen LogP contribution in [-0.4, -0.2) is 12.0 Å². The van der Waals surface area contributed by atoms with Gasteiger partial charge in [-0.2, -0.15) is 0 Å². The molecule has 110 valence electrons. The predicted molar refractivity (Wildman–Crippen MR) is 80.1 cm³/mol. The highest BCUT2D eigenvalue weighted by Crippen LogP contribution is 2.29. The molecule has 4 heteroatoms. The third kappa shape index (κ3) is 3.22. The van der Waals surface area contributed by atoms with Crippen molar-refractivity contribution in [3.63, 3.8) is 0 Å². The van der Waals surface area contributed by atoms with Gasteiger partial charge in [0.05, 0.1) is 6.20 Å². The van der Waals surface area contributed by atoms with E-state index in [1.165, 1.54) is 36.2 Å². The molecule has 0 atom stereocenters. The van der Waals surface area contributed by atoms with Gasteiger partial charge >= 0.3 is 0 Å². The zero-order chi connectivity index (χ0) is 14.7. The minimum absolute atomic E-state index is 0.349. The maximum absolute atomic E-state index is 13.3. The first-order valence-electron chi connectivity index (χ1n) is 7.35. The van der Waals surface area contributed by atoms with Gasteiger partial charge in [-0.25, -0.2) is 9.37 Å². The van der Waals surface area contributed by atoms with Crippen molar-refractivity contribution in [1.82, 2.24) is 10.3 Å². The molecule has 1 heterocycles. The first kappa shape index (κ1) is 14.0. The Hall–Kier alpha value is -1.94. The van der Waals surface area contributed by atoms with Gasteiger partial charge in [-0.05, 0) is 62.1 Å². The van der Waals surface area contributed by atoms with Crippen LogP contribution in [0.15, 0.2) is 30.5 Å². The second-order valence-electron chi connectivity index (χ2n) is 5.39. The molecule has 0 saturated heterocycles. The highest BCUT2D eigenvalue weighted by atomic mass is 19.1. The van der Waals surface area contributed by atoms with Gasteiger partial charge in [0.1, 0.15) is 11.6 Å². The molecule has 1 N–H and O–H groups in total. The fraction of sp³-hybridized carbons (Fsp3) is 0.353. The molecule has 0 fully saturated rings. The summed E-state index contributed by atoms with van der Waals surface area (Å²) in [5, 5.41) is 3.00. The molecular weight excluding hydrogens is 267 g/mol. The number of pyridine rings is 1. The number of aryl methyl sites for hydroxylation is 2. The van der Waals surface area contributed by atoms with Gasteiger partial charge in [0.2, 0.25) is 5.88 Å². The van der Waals surface area contributed by atoms with E-state index < -0.39 is 0 Å². The Morgan fingerprint density at radius 1 is 1.19 bits per heavy atom. The zero-order valence-corrected chi connectivity index (χ0v) is 12.2. The van der Waals surface area contributed by atoms with E-state index in [0.717, 1.165) is 24.2 Å². The Morgan fingerprint density at radius 2 is 2.00 bits per heavy atom. The number of hydrogen-bond donors (Lipinski definition) is 1. The first-order valence-corrected chi connectivity index (χ1v) is 7.35. The van der Waals surface area contributed by atoms with E-state index in [2.05, 4.69) is 22.4 Å². The van der Waals surface area contributed by atoms with Crippen LogP contribution in [0.3, 0.4) is 0 Å². The van der Waals surface area contributed by atoms with Gasteiger partial charge in [-0.3, -0.25) is 0 Å². The molecule has 1 aliphatic rings. The van der Waals surface area contributed by atoms with E-state index in [1.54, 1.807) is 0 Å². The lowest BCUT2D eigenvalue weighted by Gasteiger charge is -2.17. The Labute approximate surface area is 124 Å². The van der Waals surface area contributed by atoms with Gasteiger partial charge < -0.3 is 10.1 Å². The third-order valence-electron chi connectivity index (χ3n) is 3.79. The third-order valence-corrected chi connectivity index (χ3v) is 3.79. The summed E-state index contributed by atoms with van der Waals surface area (Å²) >= 11 is 0. The predicted octanol–water partition coefficient (Wildman–Crippen LogP) is 3.61. The van der Waals surface area contributed by atoms with Crippen LogP contribution in [-0.2, 0) is 19.4 Å². The second kappa shape index (κ2) is 6.22. The molecule has 2 aromatic rings. The van der Waals surface area contributed by atoms with E-state index in [1.807, 2.05) is 13.1 Å². The summed E-state index contributed by atoms with van der Waals surface area (Å²) in [5.41, 5.74) is 3.49. The average Bonchev–Trinajstić information content (AvgIpc) is 2.50. The van der Waals surface area contributed by atoms with Crippen molar-refractivity contribution in [3.05, 3.63) is 53.0 Å². The SMILES string of the molecule is CNCc1cc(F)cnc1Oc1ccc2c(c1)CCCC2. The van der Waals surface area contributed by atoms with Crippen LogP contribution in [0.1, 0.15) is 29.5 Å². The standard InChI is InChI=1S/C17H19FN2O/c1-19-10-14-8-15(18)11-20-17(14)21-16-7-6-12-4-2-3-5-13(12)9-16/h6-9,11,19H,2-5,10H2,1H3. The molecule has 1 aliphatic carbocycles. The van der Waals surface area contributed by atoms with E-state index >= 15 is 0 Å². The van der Waals surface area contributed by atoms with Crippen molar-refractivity contribution in [1.29, 1.82) is 0 Å². The zero-order valence-electron chi connectivity index (χ0n) is 12.2. The summed E-state index contributed by atoms with van der Waals surface area (Å²) in [6.07, 6.45) is 5.93. The minimum atomic E-state index is -0.349. The van der Waals surface area contributed by atoms with Crippen molar-refractivity contribution < 1.29 is 9.13 Å². The van der Waals surface area contributed by atoms with Gasteiger partial charge in [0.25, 0.3) is 0 Å². The lowest BCUT2D eigenvalue weighted by molar-refractivity contribution is 0.448. The monoisotopic (exact) mass is 286 g/mol. The van der Waals surface area contributed by atoms with Gasteiger partial charge in [-0.15, -0.1) is 0 Å². The highest BCUT2D eigenvalue weighted by Gasteiger charge is 2.12. The molecule has 0 spiro atoms. The van der Waals surface area contributed by atoms with E-state index in [9.17, 15) is 4.39 Å². The lowest BCUT2D eigenvalue weighted by atomic mass is 9.92. The van der Waals surface area contributed by atoms with Gasteiger partial charge in [0, 0.05) is 12.1 Å². The molecule has 0 unspecified atom stereocenters. The summed E-state index contributed by atoms with van der Waals surface area (Å²) in [5.74, 6) is 0.881. The molecule has 21 heavy (non-hydrogen) atoms. The topological polar surface area (TPSA) is 34.2 Å². The van der Waals surface area contributed by atoms with Crippen LogP contribution >= 0.6 is 0 Å². The van der Waals surface area contributed by atoms with Crippen molar-refractivity contribution in [2.45, 2.75) is 32.2 Å². The molecule has 0 aliphatic heterocycles. The molecule has 0 bridgehead atoms. The molecule has 1 aromatic heterocycles. The molecule has 0 amide bonds. The number of nitrogens with one attached hydrogen (secondary N) is 1. The van der Waals surface area contributed by atoms with Crippen molar-refractivity contribution in [3.8, 4) is 11.6 Å². The highest BCUT2D eigenvalue weighted by molar-refractivity contribution is 5.39. The largest absolute Gasteiger partial charge is 0.439 e. The van der Waals surface area contributed by atoms with E-state index in [-0.39, 0.29) is 5.82 Å². The van der Waals surface area contributed by atoms with Crippen molar-refractivity contribution >= 4 is 0 Å². The number of ether oxygens (including phenoxy) is 1. The molecule has 0 radical (unpaired) electrons. The lowest BCUT2D eigenvalue weighted by Crippen LogP contribution is -2.08. The number of benzene rings is 1. The Kier molecular flexibility index (Phi) is 4.15. The Balaban J connectivity index is 1.86. The average molecular weight is 286 g/mol. The summed E-state index contributed by atoms with van der Waals surface area (Å²) in [7, 11) is 1.81. The molecule has 3 nitrogen and oxygen atoms in total. The Bertz CT molecular complexity index is 643. The quantitative estimate of drug-likeness (QED) is 0.932. The first-order chi connectivity index (χ1) is 10.3. The van der Waals surface area contributed by atoms with Gasteiger partial charge in [0.15, 0.2) is 0 Å². The number of nitrogens with zero attached hydrogens (tertiary/aromatic N) is 1. The van der Waals surface area contributed by atoms with Crippen LogP contribution in [0, 0.1) is 5.82 Å². The van der Waals surface area contributed by atoms with Crippen molar-refractivity contribution in [2.24, 2.45) is 0 Å². The van der Waals surface area contributed by atoms with Crippen molar-refractivity contribution in [2.75, 3.05) is 7.05 Å². The molecule has 3 rings (SSSR count). The number of hydrogen-bond acceptors (Lipinski definition) is 3. The summed E-state index contributed by atoms with van der Waals surface area (Å²) in [6.45, 7) is 0.519. The molecule has 1 aromatic carbocycles. The van der Waals surface area contributed by atoms with Crippen LogP contribution in [0.5, 0.6) is 11.6 Å². The Morgan fingerprint density at radius 3 is 2.81 bits per heavy atom. The summed E-state index contributed by atoms with van der Waals surface area (Å²) in [4.78, 5) is 4.07. The number of rotatable bonds is 4. The number of fused-ring (bicyclic) bond motifs is 1. The van der Waals surface area contributed by atoms with Gasteiger partial charge in [-0.1, -0.05) is 6.07 Å².